The molecule has 0 N–H and O–H groups in total. The van der Waals surface area contributed by atoms with Crippen LogP contribution in [0.4, 0.5) is 0 Å². The zero-order chi connectivity index (χ0) is 35.1. The normalized spacial score (nSPS) is 13.1. The average Bonchev–Trinajstić information content (AvgIpc) is 3.89. The van der Waals surface area contributed by atoms with Crippen molar-refractivity contribution in [1.29, 1.82) is 0 Å². The number of furan rings is 1. The fraction of sp³-hybridized carbons (Fsp3) is 0. The molecule has 0 unspecified atom stereocenters. The molecule has 2 aliphatic heterocycles. The van der Waals surface area contributed by atoms with Crippen LogP contribution in [0.3, 0.4) is 0 Å². The van der Waals surface area contributed by atoms with E-state index in [1.807, 2.05) is 12.1 Å². The molecule has 0 spiro atoms. The molecule has 0 atom stereocenters. The maximum absolute atomic E-state index is 6.98. The highest BCUT2D eigenvalue weighted by Gasteiger charge is 2.40. The van der Waals surface area contributed by atoms with Crippen molar-refractivity contribution in [2.75, 3.05) is 0 Å². The minimum Gasteiger partial charge on any atom is -0.458 e. The van der Waals surface area contributed by atoms with Crippen LogP contribution >= 0.6 is 0 Å². The van der Waals surface area contributed by atoms with Gasteiger partial charge >= 0.3 is 0 Å². The number of nitrogens with zero attached hydrogens (tertiary/aromatic N) is 2. The lowest BCUT2D eigenvalue weighted by Gasteiger charge is -2.33. The Morgan fingerprint density at radius 1 is 0.407 bits per heavy atom. The second-order valence-corrected chi connectivity index (χ2v) is 14.4. The maximum atomic E-state index is 6.98. The van der Waals surface area contributed by atoms with Crippen LogP contribution in [0, 0.1) is 0 Å². The summed E-state index contributed by atoms with van der Waals surface area (Å²) in [5.74, 6) is 3.35. The third-order valence-corrected chi connectivity index (χ3v) is 11.6. The first-order valence-electron chi connectivity index (χ1n) is 18.4. The van der Waals surface area contributed by atoms with E-state index >= 15 is 0 Å². The molecular formula is C48H27BN2O3. The summed E-state index contributed by atoms with van der Waals surface area (Å²) in [7, 11) is 0. The van der Waals surface area contributed by atoms with Gasteiger partial charge in [0.05, 0.1) is 38.5 Å². The van der Waals surface area contributed by atoms with Crippen LogP contribution in [0.25, 0.3) is 76.9 Å². The van der Waals surface area contributed by atoms with Gasteiger partial charge in [-0.1, -0.05) is 109 Å². The molecular weight excluding hydrogens is 663 g/mol. The van der Waals surface area contributed by atoms with Crippen LogP contribution < -0.4 is 25.9 Å². The van der Waals surface area contributed by atoms with Gasteiger partial charge in [-0.25, -0.2) is 0 Å². The van der Waals surface area contributed by atoms with Crippen LogP contribution in [0.15, 0.2) is 168 Å². The Labute approximate surface area is 308 Å². The van der Waals surface area contributed by atoms with Gasteiger partial charge in [0.1, 0.15) is 34.2 Å². The van der Waals surface area contributed by atoms with Gasteiger partial charge < -0.3 is 23.0 Å². The highest BCUT2D eigenvalue weighted by Crippen LogP contribution is 2.50. The quantitative estimate of drug-likeness (QED) is 0.170. The number of ether oxygens (including phenoxy) is 2. The summed E-state index contributed by atoms with van der Waals surface area (Å²) in [6, 6.07) is 57.7. The Hall–Kier alpha value is -7.18. The van der Waals surface area contributed by atoms with E-state index in [2.05, 4.69) is 161 Å². The van der Waals surface area contributed by atoms with Crippen molar-refractivity contribution in [2.45, 2.75) is 0 Å². The van der Waals surface area contributed by atoms with Crippen LogP contribution in [0.5, 0.6) is 23.0 Å². The van der Waals surface area contributed by atoms with Gasteiger partial charge in [-0.2, -0.15) is 0 Å². The van der Waals surface area contributed by atoms with Gasteiger partial charge in [-0.05, 0) is 53.4 Å². The molecule has 250 valence electrons. The molecule has 13 rings (SSSR count). The monoisotopic (exact) mass is 690 g/mol. The molecule has 3 aromatic heterocycles. The zero-order valence-electron chi connectivity index (χ0n) is 28.8. The Kier molecular flexibility index (Phi) is 5.39. The summed E-state index contributed by atoms with van der Waals surface area (Å²) in [6.07, 6.45) is 0. The fourth-order valence-electron chi connectivity index (χ4n) is 9.50. The van der Waals surface area contributed by atoms with E-state index < -0.39 is 0 Å². The molecule has 0 bridgehead atoms. The van der Waals surface area contributed by atoms with Gasteiger partial charge in [-0.15, -0.1) is 0 Å². The molecule has 0 amide bonds. The number of aromatic nitrogens is 2. The predicted octanol–water partition coefficient (Wildman–Crippen LogP) is 10.5. The SMILES string of the molecule is c1ccc(-n2c3ccccc3c3c4oc5ccccc5c4c4c(c5ccccc5n4-c4cc5c6c(c4)Oc4ccccc4B6c4ccccc4O5)c32)cc1. The van der Waals surface area contributed by atoms with Crippen molar-refractivity contribution < 1.29 is 13.9 Å². The van der Waals surface area contributed by atoms with E-state index in [-0.39, 0.29) is 6.71 Å². The van der Waals surface area contributed by atoms with Crippen LogP contribution in [0.1, 0.15) is 0 Å². The number of benzene rings is 8. The summed E-state index contributed by atoms with van der Waals surface area (Å²) in [6.45, 7) is 0.00262. The first-order chi connectivity index (χ1) is 26.8. The Bertz CT molecular complexity index is 3340. The fourth-order valence-corrected chi connectivity index (χ4v) is 9.50. The number of rotatable bonds is 2. The molecule has 0 saturated heterocycles. The summed E-state index contributed by atoms with van der Waals surface area (Å²) in [5.41, 5.74) is 11.6. The Morgan fingerprint density at radius 3 is 1.57 bits per heavy atom. The predicted molar refractivity (Wildman–Crippen MR) is 220 cm³/mol. The van der Waals surface area contributed by atoms with Gasteiger partial charge in [0.15, 0.2) is 0 Å². The average molecular weight is 691 g/mol. The van der Waals surface area contributed by atoms with Gasteiger partial charge in [0, 0.05) is 44.8 Å². The summed E-state index contributed by atoms with van der Waals surface area (Å²) < 4.78 is 25.4. The largest absolute Gasteiger partial charge is 0.458 e. The van der Waals surface area contributed by atoms with Crippen LogP contribution in [-0.2, 0) is 0 Å². The van der Waals surface area contributed by atoms with Crippen LogP contribution in [0.2, 0.25) is 0 Å². The molecule has 11 aromatic rings. The van der Waals surface area contributed by atoms with Crippen molar-refractivity contribution in [2.24, 2.45) is 0 Å². The second kappa shape index (κ2) is 10.2. The van der Waals surface area contributed by atoms with Crippen molar-refractivity contribution in [3.8, 4) is 34.4 Å². The van der Waals surface area contributed by atoms with E-state index in [4.69, 9.17) is 13.9 Å². The molecule has 54 heavy (non-hydrogen) atoms. The molecule has 5 heterocycles. The van der Waals surface area contributed by atoms with E-state index in [1.54, 1.807) is 0 Å². The van der Waals surface area contributed by atoms with Gasteiger partial charge in [0.25, 0.3) is 6.71 Å². The number of hydrogen-bond donors (Lipinski definition) is 0. The molecule has 0 radical (unpaired) electrons. The Morgan fingerprint density at radius 2 is 0.907 bits per heavy atom. The van der Waals surface area contributed by atoms with Crippen molar-refractivity contribution in [3.63, 3.8) is 0 Å². The lowest BCUT2D eigenvalue weighted by molar-refractivity contribution is 0.464. The highest BCUT2D eigenvalue weighted by molar-refractivity contribution is 6.98. The minimum absolute atomic E-state index is 0.00262. The summed E-state index contributed by atoms with van der Waals surface area (Å²) in [5, 5.41) is 6.76. The highest BCUT2D eigenvalue weighted by atomic mass is 16.5. The standard InChI is InChI=1S/C48H27BN2O3/c1-2-14-28(15-3-1)50-36-22-10-5-17-31(36)43-46(50)42-30-16-4-9-21-35(30)51(47(42)44-32-18-6-11-23-37(32)54-48(43)44)29-26-40-45-41(27-29)53-39-25-13-8-20-34(39)49(45)33-19-7-12-24-38(33)52-40/h1-27H. The lowest BCUT2D eigenvalue weighted by Crippen LogP contribution is -2.57. The molecule has 0 aliphatic carbocycles. The van der Waals surface area contributed by atoms with Crippen molar-refractivity contribution in [3.05, 3.63) is 164 Å². The second-order valence-electron chi connectivity index (χ2n) is 14.4. The lowest BCUT2D eigenvalue weighted by atomic mass is 9.35. The zero-order valence-corrected chi connectivity index (χ0v) is 28.8. The first-order valence-corrected chi connectivity index (χ1v) is 18.4. The minimum atomic E-state index is 0.00262. The number of para-hydroxylation sites is 6. The third kappa shape index (κ3) is 3.55. The van der Waals surface area contributed by atoms with Gasteiger partial charge in [0.2, 0.25) is 0 Å². The van der Waals surface area contributed by atoms with E-state index in [1.165, 1.54) is 5.39 Å². The van der Waals surface area contributed by atoms with Crippen molar-refractivity contribution in [1.82, 2.24) is 9.13 Å². The van der Waals surface area contributed by atoms with Crippen LogP contribution in [-0.4, -0.2) is 15.8 Å². The summed E-state index contributed by atoms with van der Waals surface area (Å²) >= 11 is 0. The van der Waals surface area contributed by atoms with E-state index in [0.29, 0.717) is 0 Å². The topological polar surface area (TPSA) is 41.5 Å². The smallest absolute Gasteiger partial charge is 0.260 e. The molecule has 2 aliphatic rings. The van der Waals surface area contributed by atoms with Gasteiger partial charge in [-0.3, -0.25) is 0 Å². The maximum Gasteiger partial charge on any atom is 0.260 e. The number of fused-ring (bicyclic) bond motifs is 16. The first kappa shape index (κ1) is 28.4. The molecule has 8 aromatic carbocycles. The molecule has 0 saturated carbocycles. The number of hydrogen-bond acceptors (Lipinski definition) is 3. The summed E-state index contributed by atoms with van der Waals surface area (Å²) in [4.78, 5) is 0. The Balaban J connectivity index is 1.24. The molecule has 6 heteroatoms. The third-order valence-electron chi connectivity index (χ3n) is 11.6. The van der Waals surface area contributed by atoms with E-state index in [9.17, 15) is 0 Å². The van der Waals surface area contributed by atoms with Crippen molar-refractivity contribution >= 4 is 88.7 Å². The van der Waals surface area contributed by atoms with E-state index in [0.717, 1.165) is 111 Å². The molecule has 0 fully saturated rings. The molecule has 5 nitrogen and oxygen atoms in total.